The third-order valence-electron chi connectivity index (χ3n) is 2.75. The van der Waals surface area contributed by atoms with Crippen LogP contribution in [0.25, 0.3) is 0 Å². The molecule has 0 unspecified atom stereocenters. The third-order valence-corrected chi connectivity index (χ3v) is 3.32. The van der Waals surface area contributed by atoms with Crippen LogP contribution in [0.15, 0.2) is 41.5 Å². The summed E-state index contributed by atoms with van der Waals surface area (Å²) in [6.45, 7) is 0. The SMILES string of the molecule is O=C(N/N=C/c1cc(Cl)c(O)c(Cl)c1)C(=O)Nc1ccccc1F. The molecule has 0 radical (unpaired) electrons. The molecule has 9 heteroatoms. The van der Waals surface area contributed by atoms with Crippen molar-refractivity contribution in [2.75, 3.05) is 5.32 Å². The van der Waals surface area contributed by atoms with E-state index in [4.69, 9.17) is 23.2 Å². The van der Waals surface area contributed by atoms with Crippen molar-refractivity contribution < 1.29 is 19.1 Å². The Hall–Kier alpha value is -2.64. The van der Waals surface area contributed by atoms with Crippen LogP contribution in [0.1, 0.15) is 5.56 Å². The Labute approximate surface area is 145 Å². The fourth-order valence-corrected chi connectivity index (χ4v) is 2.12. The molecule has 0 aliphatic carbocycles. The van der Waals surface area contributed by atoms with E-state index < -0.39 is 17.6 Å². The number of hydrogen-bond acceptors (Lipinski definition) is 4. The molecular formula is C15H10Cl2FN3O3. The van der Waals surface area contributed by atoms with Crippen LogP contribution in [-0.4, -0.2) is 23.1 Å². The van der Waals surface area contributed by atoms with Crippen LogP contribution >= 0.6 is 23.2 Å². The highest BCUT2D eigenvalue weighted by Crippen LogP contribution is 2.32. The lowest BCUT2D eigenvalue weighted by Crippen LogP contribution is -2.32. The second-order valence-electron chi connectivity index (χ2n) is 4.47. The third kappa shape index (κ3) is 4.43. The number of nitrogens with zero attached hydrogens (tertiary/aromatic N) is 1. The molecule has 0 spiro atoms. The van der Waals surface area contributed by atoms with Crippen molar-refractivity contribution in [2.24, 2.45) is 5.10 Å². The zero-order chi connectivity index (χ0) is 17.7. The Morgan fingerprint density at radius 3 is 2.38 bits per heavy atom. The van der Waals surface area contributed by atoms with Crippen molar-refractivity contribution in [1.82, 2.24) is 5.43 Å². The van der Waals surface area contributed by atoms with Gasteiger partial charge in [0, 0.05) is 0 Å². The fourth-order valence-electron chi connectivity index (χ4n) is 1.62. The Bertz CT molecular complexity index is 804. The highest BCUT2D eigenvalue weighted by atomic mass is 35.5. The summed E-state index contributed by atoms with van der Waals surface area (Å²) in [5, 5.41) is 15.1. The lowest BCUT2D eigenvalue weighted by molar-refractivity contribution is -0.136. The van der Waals surface area contributed by atoms with E-state index in [1.165, 1.54) is 36.5 Å². The van der Waals surface area contributed by atoms with Gasteiger partial charge in [0.25, 0.3) is 0 Å². The summed E-state index contributed by atoms with van der Waals surface area (Å²) in [6.07, 6.45) is 1.17. The van der Waals surface area contributed by atoms with Gasteiger partial charge in [-0.2, -0.15) is 5.10 Å². The molecule has 0 bridgehead atoms. The van der Waals surface area contributed by atoms with E-state index in [1.807, 2.05) is 5.43 Å². The second kappa shape index (κ2) is 7.76. The number of halogens is 3. The van der Waals surface area contributed by atoms with E-state index in [0.717, 1.165) is 6.07 Å². The van der Waals surface area contributed by atoms with Gasteiger partial charge in [-0.05, 0) is 29.8 Å². The smallest absolute Gasteiger partial charge is 0.329 e. The average Bonchev–Trinajstić information content (AvgIpc) is 2.54. The molecule has 0 heterocycles. The molecule has 24 heavy (non-hydrogen) atoms. The van der Waals surface area contributed by atoms with Gasteiger partial charge in [0.15, 0.2) is 5.75 Å². The minimum absolute atomic E-state index is 0.00701. The van der Waals surface area contributed by atoms with Crippen molar-refractivity contribution >= 4 is 46.9 Å². The highest BCUT2D eigenvalue weighted by Gasteiger charge is 2.14. The number of hydrogen-bond donors (Lipinski definition) is 3. The van der Waals surface area contributed by atoms with E-state index >= 15 is 0 Å². The number of hydrazone groups is 1. The summed E-state index contributed by atoms with van der Waals surface area (Å²) in [6, 6.07) is 8.13. The predicted molar refractivity (Wildman–Crippen MR) is 88.9 cm³/mol. The van der Waals surface area contributed by atoms with E-state index in [9.17, 15) is 19.1 Å². The molecule has 2 amide bonds. The van der Waals surface area contributed by atoms with Gasteiger partial charge in [-0.25, -0.2) is 9.82 Å². The number of phenolic OH excluding ortho intramolecular Hbond substituents is 1. The van der Waals surface area contributed by atoms with Crippen LogP contribution in [0.5, 0.6) is 5.75 Å². The van der Waals surface area contributed by atoms with Gasteiger partial charge in [0.2, 0.25) is 0 Å². The number of anilines is 1. The van der Waals surface area contributed by atoms with E-state index in [-0.39, 0.29) is 21.5 Å². The van der Waals surface area contributed by atoms with Crippen LogP contribution in [0.2, 0.25) is 10.0 Å². The maximum Gasteiger partial charge on any atom is 0.329 e. The monoisotopic (exact) mass is 369 g/mol. The van der Waals surface area contributed by atoms with Gasteiger partial charge in [-0.1, -0.05) is 35.3 Å². The summed E-state index contributed by atoms with van der Waals surface area (Å²) in [4.78, 5) is 23.2. The number of amides is 2. The molecular weight excluding hydrogens is 360 g/mol. The van der Waals surface area contributed by atoms with Crippen molar-refractivity contribution in [2.45, 2.75) is 0 Å². The summed E-state index contributed by atoms with van der Waals surface area (Å²) in [5.41, 5.74) is 2.23. The largest absolute Gasteiger partial charge is 0.505 e. The van der Waals surface area contributed by atoms with E-state index in [0.29, 0.717) is 5.56 Å². The Morgan fingerprint density at radius 2 is 1.75 bits per heavy atom. The number of nitrogens with one attached hydrogen (secondary N) is 2. The van der Waals surface area contributed by atoms with Crippen LogP contribution < -0.4 is 10.7 Å². The molecule has 124 valence electrons. The van der Waals surface area contributed by atoms with Crippen molar-refractivity contribution in [3.8, 4) is 5.75 Å². The molecule has 0 fully saturated rings. The molecule has 2 aromatic rings. The number of carbonyl (C=O) groups excluding carboxylic acids is 2. The maximum atomic E-state index is 13.4. The van der Waals surface area contributed by atoms with Gasteiger partial charge in [0.1, 0.15) is 5.82 Å². The van der Waals surface area contributed by atoms with Crippen LogP contribution in [0.4, 0.5) is 10.1 Å². The maximum absolute atomic E-state index is 13.4. The second-order valence-corrected chi connectivity index (χ2v) is 5.28. The van der Waals surface area contributed by atoms with Gasteiger partial charge in [-0.15, -0.1) is 0 Å². The van der Waals surface area contributed by atoms with Crippen molar-refractivity contribution in [3.05, 3.63) is 57.8 Å². The minimum atomic E-state index is -1.09. The molecule has 2 aromatic carbocycles. The predicted octanol–water partition coefficient (Wildman–Crippen LogP) is 2.93. The zero-order valence-corrected chi connectivity index (χ0v) is 13.4. The molecule has 3 N–H and O–H groups in total. The lowest BCUT2D eigenvalue weighted by atomic mass is 10.2. The average molecular weight is 370 g/mol. The zero-order valence-electron chi connectivity index (χ0n) is 11.9. The molecule has 0 aliphatic heterocycles. The first-order chi connectivity index (χ1) is 11.4. The van der Waals surface area contributed by atoms with Crippen LogP contribution in [-0.2, 0) is 9.59 Å². The number of aromatic hydroxyl groups is 1. The molecule has 0 saturated carbocycles. The first kappa shape index (κ1) is 17.7. The molecule has 6 nitrogen and oxygen atoms in total. The number of rotatable bonds is 3. The van der Waals surface area contributed by atoms with E-state index in [2.05, 4.69) is 10.4 Å². The molecule has 0 aliphatic rings. The number of carbonyl (C=O) groups is 2. The quantitative estimate of drug-likeness (QED) is 0.441. The van der Waals surface area contributed by atoms with Gasteiger partial charge in [-0.3, -0.25) is 9.59 Å². The number of phenols is 1. The standard InChI is InChI=1S/C15H10Cl2FN3O3/c16-9-5-8(6-10(17)13(9)22)7-19-21-15(24)14(23)20-12-4-2-1-3-11(12)18/h1-7,22H,(H,20,23)(H,21,24)/b19-7+. The topological polar surface area (TPSA) is 90.8 Å². The van der Waals surface area contributed by atoms with Gasteiger partial charge < -0.3 is 10.4 Å². The summed E-state index contributed by atoms with van der Waals surface area (Å²) in [5.74, 6) is -3.12. The molecule has 2 rings (SSSR count). The first-order valence-electron chi connectivity index (χ1n) is 6.45. The van der Waals surface area contributed by atoms with Gasteiger partial charge in [0.05, 0.1) is 21.9 Å². The highest BCUT2D eigenvalue weighted by molar-refractivity contribution is 6.39. The fraction of sp³-hybridized carbons (Fsp3) is 0. The van der Waals surface area contributed by atoms with Crippen LogP contribution in [0, 0.1) is 5.82 Å². The summed E-state index contributed by atoms with van der Waals surface area (Å²) >= 11 is 11.5. The lowest BCUT2D eigenvalue weighted by Gasteiger charge is -2.04. The first-order valence-corrected chi connectivity index (χ1v) is 7.21. The Morgan fingerprint density at radius 1 is 1.12 bits per heavy atom. The number of para-hydroxylation sites is 1. The Balaban J connectivity index is 1.97. The molecule has 0 atom stereocenters. The normalized spacial score (nSPS) is 10.6. The molecule has 0 aromatic heterocycles. The molecule has 0 saturated heterocycles. The minimum Gasteiger partial charge on any atom is -0.505 e. The number of benzene rings is 2. The van der Waals surface area contributed by atoms with Crippen molar-refractivity contribution in [3.63, 3.8) is 0 Å². The van der Waals surface area contributed by atoms with E-state index in [1.54, 1.807) is 0 Å². The van der Waals surface area contributed by atoms with Gasteiger partial charge >= 0.3 is 11.8 Å². The summed E-state index contributed by atoms with van der Waals surface area (Å²) in [7, 11) is 0. The van der Waals surface area contributed by atoms with Crippen LogP contribution in [0.3, 0.4) is 0 Å². The summed E-state index contributed by atoms with van der Waals surface area (Å²) < 4.78 is 13.4. The Kier molecular flexibility index (Phi) is 5.73. The van der Waals surface area contributed by atoms with Crippen molar-refractivity contribution in [1.29, 1.82) is 0 Å².